The highest BCUT2D eigenvalue weighted by atomic mass is 16.3. The molecule has 2 rings (SSSR count). The van der Waals surface area contributed by atoms with Gasteiger partial charge in [-0.2, -0.15) is 0 Å². The molecule has 1 fully saturated rings. The van der Waals surface area contributed by atoms with Crippen molar-refractivity contribution in [2.24, 2.45) is 5.73 Å². The van der Waals surface area contributed by atoms with Crippen molar-refractivity contribution < 1.29 is 4.42 Å². The third kappa shape index (κ3) is 2.15. The summed E-state index contributed by atoms with van der Waals surface area (Å²) in [6.07, 6.45) is 7.68. The zero-order chi connectivity index (χ0) is 9.97. The zero-order valence-corrected chi connectivity index (χ0v) is 8.70. The molecule has 0 aliphatic heterocycles. The molecule has 78 valence electrons. The minimum absolute atomic E-state index is 0.163. The SMILES string of the molecule is CC(N)Cc1coc(C2CCCC2)n1. The molecule has 1 unspecified atom stereocenters. The van der Waals surface area contributed by atoms with Crippen LogP contribution in [0, 0.1) is 0 Å². The molecule has 3 heteroatoms. The Labute approximate surface area is 84.7 Å². The summed E-state index contributed by atoms with van der Waals surface area (Å²) in [5.41, 5.74) is 6.71. The van der Waals surface area contributed by atoms with Crippen LogP contribution in [0.15, 0.2) is 10.7 Å². The number of aromatic nitrogens is 1. The normalized spacial score (nSPS) is 20.1. The number of nitrogens with two attached hydrogens (primary N) is 1. The lowest BCUT2D eigenvalue weighted by Crippen LogP contribution is -2.17. The number of rotatable bonds is 3. The molecule has 3 nitrogen and oxygen atoms in total. The van der Waals surface area contributed by atoms with E-state index in [1.165, 1.54) is 25.7 Å². The standard InChI is InChI=1S/C11H18N2O/c1-8(12)6-10-7-14-11(13-10)9-4-2-3-5-9/h7-9H,2-6,12H2,1H3. The lowest BCUT2D eigenvalue weighted by atomic mass is 10.1. The Kier molecular flexibility index (Phi) is 2.87. The van der Waals surface area contributed by atoms with Gasteiger partial charge in [0.15, 0.2) is 5.89 Å². The van der Waals surface area contributed by atoms with E-state index in [9.17, 15) is 0 Å². The second-order valence-electron chi connectivity index (χ2n) is 4.34. The fourth-order valence-electron chi connectivity index (χ4n) is 2.11. The highest BCUT2D eigenvalue weighted by molar-refractivity contribution is 5.03. The summed E-state index contributed by atoms with van der Waals surface area (Å²) in [4.78, 5) is 4.49. The maximum absolute atomic E-state index is 5.71. The van der Waals surface area contributed by atoms with E-state index in [0.29, 0.717) is 5.92 Å². The Morgan fingerprint density at radius 2 is 2.29 bits per heavy atom. The molecule has 0 radical (unpaired) electrons. The highest BCUT2D eigenvalue weighted by Gasteiger charge is 2.21. The average molecular weight is 194 g/mol. The van der Waals surface area contributed by atoms with E-state index in [4.69, 9.17) is 10.2 Å². The number of nitrogens with zero attached hydrogens (tertiary/aromatic N) is 1. The van der Waals surface area contributed by atoms with Gasteiger partial charge >= 0.3 is 0 Å². The van der Waals surface area contributed by atoms with E-state index in [-0.39, 0.29) is 6.04 Å². The fourth-order valence-corrected chi connectivity index (χ4v) is 2.11. The molecule has 0 bridgehead atoms. The second kappa shape index (κ2) is 4.13. The lowest BCUT2D eigenvalue weighted by molar-refractivity contribution is 0.448. The summed E-state index contributed by atoms with van der Waals surface area (Å²) in [7, 11) is 0. The van der Waals surface area contributed by atoms with Crippen LogP contribution in [0.1, 0.15) is 50.1 Å². The predicted octanol–water partition coefficient (Wildman–Crippen LogP) is 2.22. The maximum Gasteiger partial charge on any atom is 0.197 e. The summed E-state index contributed by atoms with van der Waals surface area (Å²) in [5.74, 6) is 1.50. The van der Waals surface area contributed by atoms with Crippen molar-refractivity contribution in [2.45, 2.75) is 51.0 Å². The summed E-state index contributed by atoms with van der Waals surface area (Å²) in [6.45, 7) is 1.99. The molecule has 1 saturated carbocycles. The van der Waals surface area contributed by atoms with Crippen LogP contribution < -0.4 is 5.73 Å². The third-order valence-electron chi connectivity index (χ3n) is 2.81. The highest BCUT2D eigenvalue weighted by Crippen LogP contribution is 2.33. The molecule has 1 aliphatic rings. The summed E-state index contributed by atoms with van der Waals surface area (Å²) >= 11 is 0. The van der Waals surface area contributed by atoms with Gasteiger partial charge in [0.05, 0.1) is 5.69 Å². The molecule has 1 atom stereocenters. The Morgan fingerprint density at radius 3 is 2.93 bits per heavy atom. The van der Waals surface area contributed by atoms with Crippen LogP contribution in [-0.4, -0.2) is 11.0 Å². The smallest absolute Gasteiger partial charge is 0.197 e. The Hall–Kier alpha value is -0.830. The summed E-state index contributed by atoms with van der Waals surface area (Å²) in [5, 5.41) is 0. The Morgan fingerprint density at radius 1 is 1.57 bits per heavy atom. The van der Waals surface area contributed by atoms with Crippen molar-refractivity contribution in [1.82, 2.24) is 4.98 Å². The third-order valence-corrected chi connectivity index (χ3v) is 2.81. The molecule has 0 spiro atoms. The number of oxazole rings is 1. The van der Waals surface area contributed by atoms with Crippen LogP contribution in [0.4, 0.5) is 0 Å². The van der Waals surface area contributed by atoms with Crippen LogP contribution in [0.2, 0.25) is 0 Å². The van der Waals surface area contributed by atoms with Crippen LogP contribution in [0.5, 0.6) is 0 Å². The van der Waals surface area contributed by atoms with Gasteiger partial charge in [0.25, 0.3) is 0 Å². The predicted molar refractivity (Wildman–Crippen MR) is 55.1 cm³/mol. The minimum Gasteiger partial charge on any atom is -0.448 e. The number of hydrogen-bond donors (Lipinski definition) is 1. The topological polar surface area (TPSA) is 52.0 Å². The monoisotopic (exact) mass is 194 g/mol. The van der Waals surface area contributed by atoms with Crippen molar-refractivity contribution in [3.05, 3.63) is 17.8 Å². The molecule has 1 aromatic rings. The van der Waals surface area contributed by atoms with Crippen LogP contribution in [0.3, 0.4) is 0 Å². The van der Waals surface area contributed by atoms with Crippen LogP contribution >= 0.6 is 0 Å². The molecule has 0 amide bonds. The molecule has 1 aliphatic carbocycles. The van der Waals surface area contributed by atoms with Gasteiger partial charge in [-0.15, -0.1) is 0 Å². The van der Waals surface area contributed by atoms with Crippen molar-refractivity contribution in [3.8, 4) is 0 Å². The second-order valence-corrected chi connectivity index (χ2v) is 4.34. The fraction of sp³-hybridized carbons (Fsp3) is 0.727. The lowest BCUT2D eigenvalue weighted by Gasteiger charge is -2.01. The zero-order valence-electron chi connectivity index (χ0n) is 8.70. The Bertz CT molecular complexity index is 287. The maximum atomic E-state index is 5.71. The first-order valence-corrected chi connectivity index (χ1v) is 5.45. The van der Waals surface area contributed by atoms with Crippen LogP contribution in [-0.2, 0) is 6.42 Å². The largest absolute Gasteiger partial charge is 0.448 e. The van der Waals surface area contributed by atoms with Crippen molar-refractivity contribution in [2.75, 3.05) is 0 Å². The molecular weight excluding hydrogens is 176 g/mol. The first-order valence-electron chi connectivity index (χ1n) is 5.45. The number of hydrogen-bond acceptors (Lipinski definition) is 3. The van der Waals surface area contributed by atoms with E-state index in [2.05, 4.69) is 4.98 Å². The van der Waals surface area contributed by atoms with E-state index < -0.39 is 0 Å². The quantitative estimate of drug-likeness (QED) is 0.802. The first-order chi connectivity index (χ1) is 6.75. The Balaban J connectivity index is 2.01. The van der Waals surface area contributed by atoms with Gasteiger partial charge in [0, 0.05) is 18.4 Å². The van der Waals surface area contributed by atoms with Gasteiger partial charge in [-0.25, -0.2) is 4.98 Å². The van der Waals surface area contributed by atoms with Crippen molar-refractivity contribution >= 4 is 0 Å². The molecule has 1 heterocycles. The van der Waals surface area contributed by atoms with Gasteiger partial charge in [0.2, 0.25) is 0 Å². The average Bonchev–Trinajstić information content (AvgIpc) is 2.69. The molecule has 14 heavy (non-hydrogen) atoms. The van der Waals surface area contributed by atoms with E-state index in [0.717, 1.165) is 18.0 Å². The first kappa shape index (κ1) is 9.71. The van der Waals surface area contributed by atoms with E-state index in [1.54, 1.807) is 6.26 Å². The summed E-state index contributed by atoms with van der Waals surface area (Å²) < 4.78 is 5.48. The van der Waals surface area contributed by atoms with Gasteiger partial charge < -0.3 is 10.2 Å². The van der Waals surface area contributed by atoms with Crippen molar-refractivity contribution in [1.29, 1.82) is 0 Å². The molecule has 1 aromatic heterocycles. The summed E-state index contributed by atoms with van der Waals surface area (Å²) in [6, 6.07) is 0.163. The van der Waals surface area contributed by atoms with Gasteiger partial charge in [0.1, 0.15) is 6.26 Å². The minimum atomic E-state index is 0.163. The van der Waals surface area contributed by atoms with Crippen molar-refractivity contribution in [3.63, 3.8) is 0 Å². The van der Waals surface area contributed by atoms with E-state index >= 15 is 0 Å². The van der Waals surface area contributed by atoms with E-state index in [1.807, 2.05) is 6.92 Å². The molecular formula is C11H18N2O. The van der Waals surface area contributed by atoms with Gasteiger partial charge in [-0.05, 0) is 19.8 Å². The van der Waals surface area contributed by atoms with Gasteiger partial charge in [-0.1, -0.05) is 12.8 Å². The molecule has 0 aromatic carbocycles. The molecule has 2 N–H and O–H groups in total. The van der Waals surface area contributed by atoms with Gasteiger partial charge in [-0.3, -0.25) is 0 Å². The molecule has 0 saturated heterocycles. The van der Waals surface area contributed by atoms with Crippen LogP contribution in [0.25, 0.3) is 0 Å².